The van der Waals surface area contributed by atoms with Crippen molar-refractivity contribution in [3.05, 3.63) is 42.2 Å². The molecule has 0 bridgehead atoms. The molecule has 3 heteroatoms. The van der Waals surface area contributed by atoms with Crippen molar-refractivity contribution in [2.24, 2.45) is 0 Å². The smallest absolute Gasteiger partial charge is 0.0346 e. The lowest BCUT2D eigenvalue weighted by molar-refractivity contribution is 0.317. The highest BCUT2D eigenvalue weighted by molar-refractivity contribution is 5.81. The molecule has 2 aliphatic rings. The number of benzene rings is 1. The largest absolute Gasteiger partial charge is 0.309 e. The van der Waals surface area contributed by atoms with Crippen LogP contribution >= 0.6 is 0 Å². The van der Waals surface area contributed by atoms with Gasteiger partial charge < -0.3 is 5.32 Å². The molecular weight excluding hydrogens is 246 g/mol. The molecule has 0 amide bonds. The third-order valence-corrected chi connectivity index (χ3v) is 4.58. The number of hydrogen-bond acceptors (Lipinski definition) is 3. The minimum absolute atomic E-state index is 0.670. The SMILES string of the molecule is c1cc2cc(CNC3CCN(C4CC4)C3)ccc2cn1. The Bertz CT molecular complexity index is 606. The molecule has 0 radical (unpaired) electrons. The third kappa shape index (κ3) is 2.56. The van der Waals surface area contributed by atoms with Crippen LogP contribution in [0.4, 0.5) is 0 Å². The number of rotatable bonds is 4. The summed E-state index contributed by atoms with van der Waals surface area (Å²) in [5.74, 6) is 0. The summed E-state index contributed by atoms with van der Waals surface area (Å²) in [6.07, 6.45) is 7.94. The molecule has 1 saturated heterocycles. The van der Waals surface area contributed by atoms with Gasteiger partial charge in [-0.15, -0.1) is 0 Å². The minimum atomic E-state index is 0.670. The molecule has 2 heterocycles. The average Bonchev–Trinajstić information content (AvgIpc) is 3.24. The molecular formula is C17H21N3. The predicted molar refractivity (Wildman–Crippen MR) is 81.6 cm³/mol. The highest BCUT2D eigenvalue weighted by Crippen LogP contribution is 2.29. The molecule has 4 rings (SSSR count). The number of pyridine rings is 1. The molecule has 1 aliphatic carbocycles. The van der Waals surface area contributed by atoms with E-state index in [1.54, 1.807) is 0 Å². The van der Waals surface area contributed by atoms with Crippen molar-refractivity contribution in [2.75, 3.05) is 13.1 Å². The van der Waals surface area contributed by atoms with Gasteiger partial charge in [-0.1, -0.05) is 12.1 Å². The third-order valence-electron chi connectivity index (χ3n) is 4.58. The summed E-state index contributed by atoms with van der Waals surface area (Å²) in [5, 5.41) is 6.22. The lowest BCUT2D eigenvalue weighted by atomic mass is 10.1. The molecule has 1 unspecified atom stereocenters. The fourth-order valence-electron chi connectivity index (χ4n) is 3.23. The van der Waals surface area contributed by atoms with Gasteiger partial charge in [-0.2, -0.15) is 0 Å². The Hall–Kier alpha value is -1.45. The molecule has 1 aliphatic heterocycles. The van der Waals surface area contributed by atoms with Gasteiger partial charge in [0, 0.05) is 49.5 Å². The van der Waals surface area contributed by atoms with E-state index in [-0.39, 0.29) is 0 Å². The molecule has 1 atom stereocenters. The first-order valence-corrected chi connectivity index (χ1v) is 7.68. The van der Waals surface area contributed by atoms with Crippen LogP contribution in [0.3, 0.4) is 0 Å². The number of hydrogen-bond donors (Lipinski definition) is 1. The average molecular weight is 267 g/mol. The van der Waals surface area contributed by atoms with Gasteiger partial charge in [-0.25, -0.2) is 0 Å². The molecule has 1 saturated carbocycles. The number of nitrogens with zero attached hydrogens (tertiary/aromatic N) is 2. The lowest BCUT2D eigenvalue weighted by Gasteiger charge is -2.16. The van der Waals surface area contributed by atoms with Crippen molar-refractivity contribution < 1.29 is 0 Å². The van der Waals surface area contributed by atoms with Crippen molar-refractivity contribution in [2.45, 2.75) is 37.9 Å². The molecule has 1 N–H and O–H groups in total. The maximum absolute atomic E-state index is 4.16. The summed E-state index contributed by atoms with van der Waals surface area (Å²) in [6.45, 7) is 3.50. The Balaban J connectivity index is 1.38. The molecule has 104 valence electrons. The molecule has 2 fully saturated rings. The van der Waals surface area contributed by atoms with E-state index >= 15 is 0 Å². The number of aromatic nitrogens is 1. The van der Waals surface area contributed by atoms with E-state index in [4.69, 9.17) is 0 Å². The first kappa shape index (κ1) is 12.3. The van der Waals surface area contributed by atoms with Gasteiger partial charge in [0.1, 0.15) is 0 Å². The number of fused-ring (bicyclic) bond motifs is 1. The van der Waals surface area contributed by atoms with Crippen LogP contribution < -0.4 is 5.32 Å². The topological polar surface area (TPSA) is 28.2 Å². The Morgan fingerprint density at radius 2 is 2.10 bits per heavy atom. The van der Waals surface area contributed by atoms with Crippen LogP contribution in [0.15, 0.2) is 36.7 Å². The van der Waals surface area contributed by atoms with E-state index in [9.17, 15) is 0 Å². The molecule has 1 aromatic carbocycles. The second-order valence-corrected chi connectivity index (χ2v) is 6.15. The molecule has 0 spiro atoms. The van der Waals surface area contributed by atoms with Crippen LogP contribution in [0.5, 0.6) is 0 Å². The molecule has 1 aromatic heterocycles. The number of nitrogens with one attached hydrogen (secondary N) is 1. The van der Waals surface area contributed by atoms with Gasteiger partial charge >= 0.3 is 0 Å². The van der Waals surface area contributed by atoms with Gasteiger partial charge in [0.25, 0.3) is 0 Å². The van der Waals surface area contributed by atoms with Gasteiger partial charge in [0.2, 0.25) is 0 Å². The fraction of sp³-hybridized carbons (Fsp3) is 0.471. The lowest BCUT2D eigenvalue weighted by Crippen LogP contribution is -2.32. The number of likely N-dealkylation sites (tertiary alicyclic amines) is 1. The first-order valence-electron chi connectivity index (χ1n) is 7.68. The predicted octanol–water partition coefficient (Wildman–Crippen LogP) is 2.56. The Kier molecular flexibility index (Phi) is 3.17. The second kappa shape index (κ2) is 5.15. The Morgan fingerprint density at radius 3 is 3.00 bits per heavy atom. The van der Waals surface area contributed by atoms with Crippen molar-refractivity contribution in [3.8, 4) is 0 Å². The highest BCUT2D eigenvalue weighted by Gasteiger charge is 2.33. The molecule has 3 nitrogen and oxygen atoms in total. The van der Waals surface area contributed by atoms with Crippen molar-refractivity contribution in [1.29, 1.82) is 0 Å². The van der Waals surface area contributed by atoms with Gasteiger partial charge in [0.15, 0.2) is 0 Å². The molecule has 2 aromatic rings. The first-order chi connectivity index (χ1) is 9.88. The van der Waals surface area contributed by atoms with E-state index in [0.29, 0.717) is 6.04 Å². The quantitative estimate of drug-likeness (QED) is 0.923. The van der Waals surface area contributed by atoms with E-state index in [2.05, 4.69) is 39.5 Å². The highest BCUT2D eigenvalue weighted by atomic mass is 15.2. The van der Waals surface area contributed by atoms with Crippen molar-refractivity contribution in [1.82, 2.24) is 15.2 Å². The van der Waals surface area contributed by atoms with Crippen LogP contribution in [0.2, 0.25) is 0 Å². The maximum atomic E-state index is 4.16. The Morgan fingerprint density at radius 1 is 1.15 bits per heavy atom. The zero-order chi connectivity index (χ0) is 13.4. The fourth-order valence-corrected chi connectivity index (χ4v) is 3.23. The summed E-state index contributed by atoms with van der Waals surface area (Å²) in [4.78, 5) is 6.82. The van der Waals surface area contributed by atoms with E-state index in [1.165, 1.54) is 48.7 Å². The zero-order valence-corrected chi connectivity index (χ0v) is 11.8. The zero-order valence-electron chi connectivity index (χ0n) is 11.8. The Labute approximate surface area is 120 Å². The molecule has 20 heavy (non-hydrogen) atoms. The van der Waals surface area contributed by atoms with Gasteiger partial charge in [0.05, 0.1) is 0 Å². The minimum Gasteiger partial charge on any atom is -0.309 e. The summed E-state index contributed by atoms with van der Waals surface area (Å²) in [5.41, 5.74) is 1.37. The van der Waals surface area contributed by atoms with Crippen LogP contribution in [0.25, 0.3) is 10.8 Å². The summed E-state index contributed by atoms with van der Waals surface area (Å²) in [6, 6.07) is 10.3. The summed E-state index contributed by atoms with van der Waals surface area (Å²) < 4.78 is 0. The van der Waals surface area contributed by atoms with Gasteiger partial charge in [-0.05, 0) is 42.3 Å². The van der Waals surface area contributed by atoms with E-state index in [1.807, 2.05) is 12.4 Å². The van der Waals surface area contributed by atoms with Crippen LogP contribution in [0.1, 0.15) is 24.8 Å². The maximum Gasteiger partial charge on any atom is 0.0346 e. The normalized spacial score (nSPS) is 23.5. The summed E-state index contributed by atoms with van der Waals surface area (Å²) in [7, 11) is 0. The van der Waals surface area contributed by atoms with E-state index in [0.717, 1.165) is 12.6 Å². The van der Waals surface area contributed by atoms with Crippen LogP contribution in [-0.2, 0) is 6.54 Å². The van der Waals surface area contributed by atoms with E-state index < -0.39 is 0 Å². The standard InChI is InChI=1S/C17H21N3/c1-2-15-11-18-7-5-14(15)9-13(1)10-19-16-6-8-20(12-16)17-3-4-17/h1-2,5,7,9,11,16-17,19H,3-4,6,8,10,12H2. The van der Waals surface area contributed by atoms with Crippen molar-refractivity contribution >= 4 is 10.8 Å². The van der Waals surface area contributed by atoms with Crippen LogP contribution in [-0.4, -0.2) is 35.1 Å². The second-order valence-electron chi connectivity index (χ2n) is 6.15. The van der Waals surface area contributed by atoms with Crippen molar-refractivity contribution in [3.63, 3.8) is 0 Å². The van der Waals surface area contributed by atoms with Crippen LogP contribution in [0, 0.1) is 0 Å². The summed E-state index contributed by atoms with van der Waals surface area (Å²) >= 11 is 0. The van der Waals surface area contributed by atoms with Gasteiger partial charge in [-0.3, -0.25) is 9.88 Å². The monoisotopic (exact) mass is 267 g/mol.